The second-order valence-electron chi connectivity index (χ2n) is 1.39. The third kappa shape index (κ3) is 7.00. The quantitative estimate of drug-likeness (QED) is 0.429. The summed E-state index contributed by atoms with van der Waals surface area (Å²) in [6.45, 7) is 3.61. The molecule has 0 radical (unpaired) electrons. The summed E-state index contributed by atoms with van der Waals surface area (Å²) in [6.07, 6.45) is 5.65. The largest absolute Gasteiger partial charge is 0.395 e. The second-order valence-corrected chi connectivity index (χ2v) is 1.39. The summed E-state index contributed by atoms with van der Waals surface area (Å²) >= 11 is 0. The fourth-order valence-electron chi connectivity index (χ4n) is 0.303. The van der Waals surface area contributed by atoms with E-state index >= 15 is 0 Å². The molecule has 9 heavy (non-hydrogen) atoms. The van der Waals surface area contributed by atoms with E-state index in [0.717, 1.165) is 0 Å². The Morgan fingerprint density at radius 3 is 2.89 bits per heavy atom. The van der Waals surface area contributed by atoms with Crippen molar-refractivity contribution in [1.82, 2.24) is 0 Å². The van der Waals surface area contributed by atoms with Crippen LogP contribution in [0.4, 0.5) is 0 Å². The average molecular weight is 122 g/mol. The van der Waals surface area contributed by atoms with Gasteiger partial charge in [-0.15, -0.1) is 0 Å². The first-order valence-electron chi connectivity index (χ1n) is 2.78. The third-order valence-electron chi connectivity index (χ3n) is 0.655. The van der Waals surface area contributed by atoms with Crippen LogP contribution in [0, 0.1) is 11.8 Å². The molecule has 1 nitrogen and oxygen atoms in total. The van der Waals surface area contributed by atoms with Crippen LogP contribution in [0.2, 0.25) is 0 Å². The van der Waals surface area contributed by atoms with E-state index in [1.54, 1.807) is 18.2 Å². The van der Waals surface area contributed by atoms with Gasteiger partial charge in [0.25, 0.3) is 0 Å². The Bertz CT molecular complexity index is 146. The van der Waals surface area contributed by atoms with Crippen LogP contribution < -0.4 is 0 Å². The Balaban J connectivity index is 3.36. The van der Waals surface area contributed by atoms with Crippen LogP contribution in [-0.2, 0) is 0 Å². The van der Waals surface area contributed by atoms with Gasteiger partial charge in [-0.1, -0.05) is 30.6 Å². The second kappa shape index (κ2) is 7.00. The van der Waals surface area contributed by atoms with Gasteiger partial charge in [-0.3, -0.25) is 0 Å². The van der Waals surface area contributed by atoms with E-state index in [1.165, 1.54) is 0 Å². The summed E-state index contributed by atoms with van der Waals surface area (Å²) in [4.78, 5) is 0. The summed E-state index contributed by atoms with van der Waals surface area (Å²) < 4.78 is 0. The Morgan fingerprint density at radius 2 is 2.33 bits per heavy atom. The van der Waals surface area contributed by atoms with Gasteiger partial charge >= 0.3 is 0 Å². The van der Waals surface area contributed by atoms with Gasteiger partial charge in [-0.05, 0) is 6.08 Å². The van der Waals surface area contributed by atoms with Gasteiger partial charge in [-0.25, -0.2) is 0 Å². The maximum atomic E-state index is 8.28. The number of hydrogen-bond acceptors (Lipinski definition) is 1. The molecule has 0 heterocycles. The fourth-order valence-corrected chi connectivity index (χ4v) is 0.303. The van der Waals surface area contributed by atoms with Gasteiger partial charge in [0.2, 0.25) is 0 Å². The van der Waals surface area contributed by atoms with Gasteiger partial charge in [0.15, 0.2) is 0 Å². The molecular weight excluding hydrogens is 112 g/mol. The predicted molar refractivity (Wildman–Crippen MR) is 38.8 cm³/mol. The lowest BCUT2D eigenvalue weighted by Crippen LogP contribution is -1.74. The van der Waals surface area contributed by atoms with Crippen molar-refractivity contribution in [3.8, 4) is 11.8 Å². The molecular formula is C8H10O. The Hall–Kier alpha value is -1.00. The third-order valence-corrected chi connectivity index (χ3v) is 0.655. The van der Waals surface area contributed by atoms with Crippen LogP contribution in [0.5, 0.6) is 0 Å². The molecule has 0 aliphatic rings. The summed E-state index contributed by atoms with van der Waals surface area (Å²) in [5.74, 6) is 5.46. The van der Waals surface area contributed by atoms with Crippen molar-refractivity contribution in [3.63, 3.8) is 0 Å². The minimum atomic E-state index is 0.134. The lowest BCUT2D eigenvalue weighted by atomic mass is 10.4. The molecule has 0 atom stereocenters. The van der Waals surface area contributed by atoms with Crippen molar-refractivity contribution in [3.05, 3.63) is 24.8 Å². The summed E-state index contributed by atoms with van der Waals surface area (Å²) in [7, 11) is 0. The molecule has 48 valence electrons. The molecule has 0 bridgehead atoms. The molecule has 0 amide bonds. The van der Waals surface area contributed by atoms with E-state index in [4.69, 9.17) is 5.11 Å². The Labute approximate surface area is 55.7 Å². The molecule has 1 N–H and O–H groups in total. The minimum Gasteiger partial charge on any atom is -0.395 e. The van der Waals surface area contributed by atoms with Gasteiger partial charge < -0.3 is 5.11 Å². The zero-order chi connectivity index (χ0) is 6.95. The van der Waals surface area contributed by atoms with Crippen molar-refractivity contribution in [2.24, 2.45) is 0 Å². The number of rotatable bonds is 2. The summed E-state index contributed by atoms with van der Waals surface area (Å²) in [6, 6.07) is 0. The molecule has 0 aliphatic heterocycles. The van der Waals surface area contributed by atoms with Gasteiger partial charge in [0, 0.05) is 6.42 Å². The fraction of sp³-hybridized carbons (Fsp3) is 0.250. The predicted octanol–water partition coefficient (Wildman–Crippen LogP) is 1.11. The number of hydrogen-bond donors (Lipinski definition) is 1. The standard InChI is InChI=1S/C8H10O/c1-2-3-4-5-6-7-8-9/h2-4,9H,1,7-8H2/b4-3-. The monoisotopic (exact) mass is 122 g/mol. The van der Waals surface area contributed by atoms with Crippen molar-refractivity contribution in [2.45, 2.75) is 6.42 Å². The highest BCUT2D eigenvalue weighted by molar-refractivity contribution is 5.18. The highest BCUT2D eigenvalue weighted by Crippen LogP contribution is 1.72. The SMILES string of the molecule is C=C/C=C\C#CCCO. The average Bonchev–Trinajstić information content (AvgIpc) is 1.89. The summed E-state index contributed by atoms with van der Waals surface area (Å²) in [5.41, 5.74) is 0. The molecule has 0 fully saturated rings. The lowest BCUT2D eigenvalue weighted by Gasteiger charge is -1.73. The maximum absolute atomic E-state index is 8.28. The number of aliphatic hydroxyl groups excluding tert-OH is 1. The van der Waals surface area contributed by atoms with Gasteiger partial charge in [0.1, 0.15) is 0 Å². The van der Waals surface area contributed by atoms with Crippen molar-refractivity contribution < 1.29 is 5.11 Å². The first-order chi connectivity index (χ1) is 4.41. The molecule has 0 spiro atoms. The van der Waals surface area contributed by atoms with Crippen LogP contribution in [0.1, 0.15) is 6.42 Å². The molecule has 0 saturated heterocycles. The van der Waals surface area contributed by atoms with E-state index in [0.29, 0.717) is 6.42 Å². The van der Waals surface area contributed by atoms with Crippen LogP contribution in [0.15, 0.2) is 24.8 Å². The number of allylic oxidation sites excluding steroid dienone is 3. The van der Waals surface area contributed by atoms with Crippen LogP contribution in [0.3, 0.4) is 0 Å². The molecule has 0 unspecified atom stereocenters. The van der Waals surface area contributed by atoms with E-state index < -0.39 is 0 Å². The first kappa shape index (κ1) is 8.00. The van der Waals surface area contributed by atoms with Gasteiger partial charge in [0.05, 0.1) is 6.61 Å². The van der Waals surface area contributed by atoms with Crippen LogP contribution in [-0.4, -0.2) is 11.7 Å². The van der Waals surface area contributed by atoms with Crippen molar-refractivity contribution in [1.29, 1.82) is 0 Å². The van der Waals surface area contributed by atoms with E-state index in [1.807, 2.05) is 0 Å². The topological polar surface area (TPSA) is 20.2 Å². The van der Waals surface area contributed by atoms with E-state index in [-0.39, 0.29) is 6.61 Å². The Kier molecular flexibility index (Phi) is 6.22. The zero-order valence-electron chi connectivity index (χ0n) is 5.30. The Morgan fingerprint density at radius 1 is 1.56 bits per heavy atom. The minimum absolute atomic E-state index is 0.134. The smallest absolute Gasteiger partial charge is 0.0540 e. The lowest BCUT2D eigenvalue weighted by molar-refractivity contribution is 0.305. The molecule has 0 aromatic heterocycles. The van der Waals surface area contributed by atoms with Crippen molar-refractivity contribution >= 4 is 0 Å². The van der Waals surface area contributed by atoms with E-state index in [9.17, 15) is 0 Å². The van der Waals surface area contributed by atoms with E-state index in [2.05, 4.69) is 18.4 Å². The normalized spacial score (nSPS) is 8.56. The maximum Gasteiger partial charge on any atom is 0.0540 e. The summed E-state index contributed by atoms with van der Waals surface area (Å²) in [5, 5.41) is 8.28. The van der Waals surface area contributed by atoms with Gasteiger partial charge in [-0.2, -0.15) is 0 Å². The number of aliphatic hydroxyl groups is 1. The molecule has 0 aliphatic carbocycles. The zero-order valence-corrected chi connectivity index (χ0v) is 5.30. The molecule has 0 rings (SSSR count). The molecule has 0 aromatic rings. The van der Waals surface area contributed by atoms with Crippen molar-refractivity contribution in [2.75, 3.05) is 6.61 Å². The highest BCUT2D eigenvalue weighted by atomic mass is 16.2. The molecule has 1 heteroatoms. The highest BCUT2D eigenvalue weighted by Gasteiger charge is 1.66. The van der Waals surface area contributed by atoms with Crippen LogP contribution >= 0.6 is 0 Å². The first-order valence-corrected chi connectivity index (χ1v) is 2.78. The molecule has 0 saturated carbocycles. The molecule has 0 aromatic carbocycles. The van der Waals surface area contributed by atoms with Crippen LogP contribution in [0.25, 0.3) is 0 Å².